The van der Waals surface area contributed by atoms with Crippen molar-refractivity contribution in [3.8, 4) is 0 Å². The smallest absolute Gasteiger partial charge is 0.00207 e. The van der Waals surface area contributed by atoms with Crippen LogP contribution >= 0.6 is 0 Å². The van der Waals surface area contributed by atoms with Crippen LogP contribution in [0, 0.1) is 11.8 Å². The maximum atomic E-state index is 3.42. The molecule has 0 bridgehead atoms. The van der Waals surface area contributed by atoms with Crippen LogP contribution < -0.4 is 5.32 Å². The SMILES string of the molecule is CCCCCC(C)C(C)CNCC. The molecule has 0 spiro atoms. The van der Waals surface area contributed by atoms with Crippen molar-refractivity contribution in [3.63, 3.8) is 0 Å². The molecule has 0 aliphatic rings. The minimum Gasteiger partial charge on any atom is -0.317 e. The molecular weight excluding hydrogens is 158 g/mol. The summed E-state index contributed by atoms with van der Waals surface area (Å²) in [5, 5.41) is 3.42. The van der Waals surface area contributed by atoms with Gasteiger partial charge in [-0.2, -0.15) is 0 Å². The van der Waals surface area contributed by atoms with E-state index in [0.29, 0.717) is 0 Å². The van der Waals surface area contributed by atoms with Gasteiger partial charge in [0.25, 0.3) is 0 Å². The fraction of sp³-hybridized carbons (Fsp3) is 1.00. The lowest BCUT2D eigenvalue weighted by atomic mass is 9.91. The minimum atomic E-state index is 0.830. The van der Waals surface area contributed by atoms with Crippen molar-refractivity contribution in [2.75, 3.05) is 13.1 Å². The van der Waals surface area contributed by atoms with Crippen LogP contribution in [0.25, 0.3) is 0 Å². The van der Waals surface area contributed by atoms with Gasteiger partial charge in [0.05, 0.1) is 0 Å². The third-order valence-corrected chi connectivity index (χ3v) is 2.95. The molecule has 0 saturated heterocycles. The molecule has 0 rings (SSSR count). The molecule has 0 aliphatic carbocycles. The Hall–Kier alpha value is -0.0400. The summed E-state index contributed by atoms with van der Waals surface area (Å²) in [6.07, 6.45) is 5.56. The minimum absolute atomic E-state index is 0.830. The summed E-state index contributed by atoms with van der Waals surface area (Å²) < 4.78 is 0. The van der Waals surface area contributed by atoms with E-state index in [1.807, 2.05) is 0 Å². The second-order valence-corrected chi connectivity index (χ2v) is 4.26. The van der Waals surface area contributed by atoms with Crippen LogP contribution in [0.1, 0.15) is 53.4 Å². The molecule has 0 aliphatic heterocycles. The summed E-state index contributed by atoms with van der Waals surface area (Å²) in [4.78, 5) is 0. The first-order valence-electron chi connectivity index (χ1n) is 5.93. The first-order chi connectivity index (χ1) is 6.22. The molecule has 0 heterocycles. The topological polar surface area (TPSA) is 12.0 Å². The highest BCUT2D eigenvalue weighted by Gasteiger charge is 2.10. The zero-order chi connectivity index (χ0) is 10.1. The van der Waals surface area contributed by atoms with Gasteiger partial charge in [-0.15, -0.1) is 0 Å². The standard InChI is InChI=1S/C12H27N/c1-5-7-8-9-11(3)12(4)10-13-6-2/h11-13H,5-10H2,1-4H3. The molecule has 0 radical (unpaired) electrons. The first-order valence-corrected chi connectivity index (χ1v) is 5.93. The highest BCUT2D eigenvalue weighted by Crippen LogP contribution is 2.17. The van der Waals surface area contributed by atoms with Crippen LogP contribution in [-0.4, -0.2) is 13.1 Å². The Labute approximate surface area is 84.3 Å². The van der Waals surface area contributed by atoms with Crippen LogP contribution in [0.2, 0.25) is 0 Å². The zero-order valence-corrected chi connectivity index (χ0v) is 9.90. The van der Waals surface area contributed by atoms with Crippen LogP contribution in [-0.2, 0) is 0 Å². The Bertz CT molecular complexity index is 101. The predicted molar refractivity (Wildman–Crippen MR) is 61.0 cm³/mol. The molecule has 80 valence electrons. The van der Waals surface area contributed by atoms with E-state index in [9.17, 15) is 0 Å². The van der Waals surface area contributed by atoms with E-state index in [4.69, 9.17) is 0 Å². The van der Waals surface area contributed by atoms with Crippen molar-refractivity contribution in [1.29, 1.82) is 0 Å². The Morgan fingerprint density at radius 3 is 2.23 bits per heavy atom. The molecule has 2 atom stereocenters. The molecule has 2 unspecified atom stereocenters. The Kier molecular flexibility index (Phi) is 8.53. The summed E-state index contributed by atoms with van der Waals surface area (Å²) in [5.41, 5.74) is 0. The van der Waals surface area contributed by atoms with Gasteiger partial charge in [-0.05, 0) is 24.9 Å². The number of unbranched alkanes of at least 4 members (excludes halogenated alkanes) is 2. The van der Waals surface area contributed by atoms with Crippen molar-refractivity contribution in [3.05, 3.63) is 0 Å². The van der Waals surface area contributed by atoms with Gasteiger partial charge in [0, 0.05) is 0 Å². The lowest BCUT2D eigenvalue weighted by molar-refractivity contribution is 0.339. The summed E-state index contributed by atoms with van der Waals surface area (Å²) in [6, 6.07) is 0. The van der Waals surface area contributed by atoms with Gasteiger partial charge in [-0.3, -0.25) is 0 Å². The number of rotatable bonds is 8. The van der Waals surface area contributed by atoms with Crippen molar-refractivity contribution in [1.82, 2.24) is 5.32 Å². The average Bonchev–Trinajstić information content (AvgIpc) is 2.14. The van der Waals surface area contributed by atoms with Crippen LogP contribution in [0.4, 0.5) is 0 Å². The maximum Gasteiger partial charge on any atom is -0.00207 e. The Morgan fingerprint density at radius 2 is 1.69 bits per heavy atom. The van der Waals surface area contributed by atoms with Gasteiger partial charge in [0.15, 0.2) is 0 Å². The largest absolute Gasteiger partial charge is 0.317 e. The van der Waals surface area contributed by atoms with Gasteiger partial charge in [-0.1, -0.05) is 53.4 Å². The van der Waals surface area contributed by atoms with E-state index < -0.39 is 0 Å². The number of nitrogens with one attached hydrogen (secondary N) is 1. The summed E-state index contributed by atoms with van der Waals surface area (Å²) in [6.45, 7) is 11.5. The molecule has 0 aromatic carbocycles. The molecule has 13 heavy (non-hydrogen) atoms. The van der Waals surface area contributed by atoms with E-state index in [2.05, 4.69) is 33.0 Å². The lowest BCUT2D eigenvalue weighted by Crippen LogP contribution is -2.24. The third-order valence-electron chi connectivity index (χ3n) is 2.95. The Morgan fingerprint density at radius 1 is 1.00 bits per heavy atom. The second-order valence-electron chi connectivity index (χ2n) is 4.26. The van der Waals surface area contributed by atoms with Gasteiger partial charge in [-0.25, -0.2) is 0 Å². The molecule has 0 aromatic heterocycles. The van der Waals surface area contributed by atoms with E-state index in [0.717, 1.165) is 18.4 Å². The fourth-order valence-corrected chi connectivity index (χ4v) is 1.57. The lowest BCUT2D eigenvalue weighted by Gasteiger charge is -2.19. The predicted octanol–water partition coefficient (Wildman–Crippen LogP) is 3.45. The number of hydrogen-bond donors (Lipinski definition) is 1. The zero-order valence-electron chi connectivity index (χ0n) is 9.90. The molecule has 0 amide bonds. The van der Waals surface area contributed by atoms with E-state index in [1.54, 1.807) is 0 Å². The Balaban J connectivity index is 3.38. The third kappa shape index (κ3) is 7.06. The maximum absolute atomic E-state index is 3.42. The van der Waals surface area contributed by atoms with Gasteiger partial charge in [0.2, 0.25) is 0 Å². The van der Waals surface area contributed by atoms with Crippen LogP contribution in [0.5, 0.6) is 0 Å². The quantitative estimate of drug-likeness (QED) is 0.571. The van der Waals surface area contributed by atoms with E-state index >= 15 is 0 Å². The summed E-state index contributed by atoms with van der Waals surface area (Å²) in [7, 11) is 0. The van der Waals surface area contributed by atoms with Crippen LogP contribution in [0.3, 0.4) is 0 Å². The molecule has 0 fully saturated rings. The van der Waals surface area contributed by atoms with Gasteiger partial charge < -0.3 is 5.32 Å². The molecule has 0 aromatic rings. The van der Waals surface area contributed by atoms with Crippen molar-refractivity contribution >= 4 is 0 Å². The van der Waals surface area contributed by atoms with Crippen molar-refractivity contribution in [2.45, 2.75) is 53.4 Å². The van der Waals surface area contributed by atoms with Crippen molar-refractivity contribution < 1.29 is 0 Å². The average molecular weight is 185 g/mol. The van der Waals surface area contributed by atoms with E-state index in [1.165, 1.54) is 32.2 Å². The monoisotopic (exact) mass is 185 g/mol. The molecule has 1 heteroatoms. The van der Waals surface area contributed by atoms with Crippen LogP contribution in [0.15, 0.2) is 0 Å². The second kappa shape index (κ2) is 8.55. The van der Waals surface area contributed by atoms with Gasteiger partial charge in [0.1, 0.15) is 0 Å². The molecule has 1 N–H and O–H groups in total. The molecular formula is C12H27N. The van der Waals surface area contributed by atoms with E-state index in [-0.39, 0.29) is 0 Å². The van der Waals surface area contributed by atoms with Crippen molar-refractivity contribution in [2.24, 2.45) is 11.8 Å². The summed E-state index contributed by atoms with van der Waals surface area (Å²) in [5.74, 6) is 1.71. The molecule has 0 saturated carbocycles. The van der Waals surface area contributed by atoms with Gasteiger partial charge >= 0.3 is 0 Å². The summed E-state index contributed by atoms with van der Waals surface area (Å²) >= 11 is 0. The molecule has 1 nitrogen and oxygen atoms in total. The highest BCUT2D eigenvalue weighted by molar-refractivity contribution is 4.64. The number of hydrogen-bond acceptors (Lipinski definition) is 1. The first kappa shape index (κ1) is 13.0. The normalized spacial score (nSPS) is 15.7. The fourth-order valence-electron chi connectivity index (χ4n) is 1.57. The highest BCUT2D eigenvalue weighted by atomic mass is 14.8.